The molecule has 5 nitrogen and oxygen atoms in total. The van der Waals surface area contributed by atoms with Crippen molar-refractivity contribution < 1.29 is 13.2 Å². The van der Waals surface area contributed by atoms with E-state index in [2.05, 4.69) is 5.32 Å². The van der Waals surface area contributed by atoms with E-state index >= 15 is 0 Å². The van der Waals surface area contributed by atoms with Crippen molar-refractivity contribution in [1.29, 1.82) is 0 Å². The Kier molecular flexibility index (Phi) is 4.07. The van der Waals surface area contributed by atoms with Gasteiger partial charge in [-0.2, -0.15) is 4.31 Å². The van der Waals surface area contributed by atoms with Gasteiger partial charge in [0.1, 0.15) is 0 Å². The van der Waals surface area contributed by atoms with Crippen LogP contribution in [-0.2, 0) is 14.8 Å². The molecule has 2 aliphatic heterocycles. The maximum absolute atomic E-state index is 12.5. The zero-order valence-electron chi connectivity index (χ0n) is 10.6. The van der Waals surface area contributed by atoms with Crippen LogP contribution in [0.15, 0.2) is 0 Å². The van der Waals surface area contributed by atoms with E-state index in [0.29, 0.717) is 19.4 Å². The van der Waals surface area contributed by atoms with Crippen molar-refractivity contribution in [3.8, 4) is 0 Å². The number of nitrogens with zero attached hydrogens (tertiary/aromatic N) is 1. The quantitative estimate of drug-likeness (QED) is 0.788. The van der Waals surface area contributed by atoms with Crippen molar-refractivity contribution in [1.82, 2.24) is 9.62 Å². The van der Waals surface area contributed by atoms with Crippen LogP contribution < -0.4 is 5.32 Å². The Morgan fingerprint density at radius 3 is 2.41 bits per heavy atom. The van der Waals surface area contributed by atoms with Gasteiger partial charge in [0.25, 0.3) is 0 Å². The average molecular weight is 262 g/mol. The third kappa shape index (κ3) is 2.65. The molecule has 1 N–H and O–H groups in total. The molecule has 0 aromatic rings. The van der Waals surface area contributed by atoms with Crippen LogP contribution in [0.5, 0.6) is 0 Å². The summed E-state index contributed by atoms with van der Waals surface area (Å²) in [5.41, 5.74) is 0. The van der Waals surface area contributed by atoms with Crippen molar-refractivity contribution in [3.05, 3.63) is 0 Å². The minimum Gasteiger partial charge on any atom is -0.377 e. The SMILES string of the molecule is CC1OCCC1N(C)S(=O)(=O)C1CCNCC1. The molecule has 2 saturated heterocycles. The summed E-state index contributed by atoms with van der Waals surface area (Å²) in [6.45, 7) is 4.22. The number of hydrogen-bond donors (Lipinski definition) is 1. The van der Waals surface area contributed by atoms with Gasteiger partial charge in [-0.3, -0.25) is 0 Å². The molecule has 2 rings (SSSR count). The van der Waals surface area contributed by atoms with Gasteiger partial charge < -0.3 is 10.1 Å². The highest BCUT2D eigenvalue weighted by Gasteiger charge is 2.38. The number of hydrogen-bond acceptors (Lipinski definition) is 4. The summed E-state index contributed by atoms with van der Waals surface area (Å²) in [5.74, 6) is 0. The standard InChI is InChI=1S/C11H22N2O3S/c1-9-11(5-8-16-9)13(2)17(14,15)10-3-6-12-7-4-10/h9-12H,3-8H2,1-2H3. The Bertz CT molecular complexity index is 352. The lowest BCUT2D eigenvalue weighted by atomic mass is 10.2. The van der Waals surface area contributed by atoms with Crippen molar-refractivity contribution >= 4 is 10.0 Å². The number of ether oxygens (including phenoxy) is 1. The van der Waals surface area contributed by atoms with Crippen molar-refractivity contribution in [2.24, 2.45) is 0 Å². The molecule has 0 saturated carbocycles. The number of sulfonamides is 1. The maximum Gasteiger partial charge on any atom is 0.217 e. The fourth-order valence-corrected chi connectivity index (χ4v) is 4.67. The molecule has 0 spiro atoms. The van der Waals surface area contributed by atoms with Crippen molar-refractivity contribution in [2.75, 3.05) is 26.7 Å². The van der Waals surface area contributed by atoms with Gasteiger partial charge in [-0.05, 0) is 39.3 Å². The van der Waals surface area contributed by atoms with E-state index in [-0.39, 0.29) is 17.4 Å². The number of nitrogens with one attached hydrogen (secondary N) is 1. The van der Waals surface area contributed by atoms with E-state index in [1.165, 1.54) is 0 Å². The molecule has 0 radical (unpaired) electrons. The summed E-state index contributed by atoms with van der Waals surface area (Å²) in [7, 11) is -1.46. The molecule has 6 heteroatoms. The monoisotopic (exact) mass is 262 g/mol. The highest BCUT2D eigenvalue weighted by molar-refractivity contribution is 7.89. The third-order valence-corrected chi connectivity index (χ3v) is 6.30. The highest BCUT2D eigenvalue weighted by Crippen LogP contribution is 2.25. The van der Waals surface area contributed by atoms with E-state index in [1.807, 2.05) is 6.92 Å². The summed E-state index contributed by atoms with van der Waals surface area (Å²) in [4.78, 5) is 0. The van der Waals surface area contributed by atoms with E-state index in [9.17, 15) is 8.42 Å². The molecule has 0 bridgehead atoms. The minimum absolute atomic E-state index is 0.00915. The lowest BCUT2D eigenvalue weighted by Crippen LogP contribution is -2.48. The fraction of sp³-hybridized carbons (Fsp3) is 1.00. The van der Waals surface area contributed by atoms with Crippen LogP contribution >= 0.6 is 0 Å². The van der Waals surface area contributed by atoms with Gasteiger partial charge in [-0.1, -0.05) is 0 Å². The number of likely N-dealkylation sites (N-methyl/N-ethyl adjacent to an activating group) is 1. The first-order chi connectivity index (χ1) is 8.03. The van der Waals surface area contributed by atoms with Crippen LogP contribution in [0.3, 0.4) is 0 Å². The van der Waals surface area contributed by atoms with Crippen LogP contribution in [0, 0.1) is 0 Å². The summed E-state index contributed by atoms with van der Waals surface area (Å²) in [6, 6.07) is 0.00915. The molecule has 2 heterocycles. The third-order valence-electron chi connectivity index (χ3n) is 3.91. The first-order valence-electron chi connectivity index (χ1n) is 6.32. The molecule has 0 aromatic carbocycles. The van der Waals surface area contributed by atoms with E-state index < -0.39 is 10.0 Å². The van der Waals surface area contributed by atoms with Gasteiger partial charge in [-0.25, -0.2) is 8.42 Å². The molecule has 100 valence electrons. The zero-order valence-corrected chi connectivity index (χ0v) is 11.4. The predicted molar refractivity (Wildman–Crippen MR) is 66.4 cm³/mol. The summed E-state index contributed by atoms with van der Waals surface area (Å²) in [5, 5.41) is 2.98. The predicted octanol–water partition coefficient (Wildman–Crippen LogP) is 0.177. The molecule has 2 aliphatic rings. The summed E-state index contributed by atoms with van der Waals surface area (Å²) in [6.07, 6.45) is 2.25. The van der Waals surface area contributed by atoms with Crippen LogP contribution in [0.4, 0.5) is 0 Å². The van der Waals surface area contributed by atoms with E-state index in [0.717, 1.165) is 19.5 Å². The van der Waals surface area contributed by atoms with Gasteiger partial charge in [0.05, 0.1) is 17.4 Å². The zero-order chi connectivity index (χ0) is 12.5. The fourth-order valence-electron chi connectivity index (χ4n) is 2.72. The van der Waals surface area contributed by atoms with Crippen LogP contribution in [-0.4, -0.2) is 56.9 Å². The molecular weight excluding hydrogens is 240 g/mol. The first kappa shape index (κ1) is 13.3. The lowest BCUT2D eigenvalue weighted by Gasteiger charge is -2.32. The molecular formula is C11H22N2O3S. The van der Waals surface area contributed by atoms with Gasteiger partial charge >= 0.3 is 0 Å². The molecule has 2 fully saturated rings. The summed E-state index contributed by atoms with van der Waals surface area (Å²) >= 11 is 0. The number of piperidine rings is 1. The van der Waals surface area contributed by atoms with Crippen LogP contribution in [0.25, 0.3) is 0 Å². The molecule has 17 heavy (non-hydrogen) atoms. The topological polar surface area (TPSA) is 58.6 Å². The van der Waals surface area contributed by atoms with Gasteiger partial charge in [0.2, 0.25) is 10.0 Å². The lowest BCUT2D eigenvalue weighted by molar-refractivity contribution is 0.102. The first-order valence-corrected chi connectivity index (χ1v) is 7.83. The normalized spacial score (nSPS) is 32.2. The minimum atomic E-state index is -3.17. The van der Waals surface area contributed by atoms with Crippen molar-refractivity contribution in [2.45, 2.75) is 43.6 Å². The second-order valence-electron chi connectivity index (χ2n) is 4.94. The highest BCUT2D eigenvalue weighted by atomic mass is 32.2. The van der Waals surface area contributed by atoms with E-state index in [4.69, 9.17) is 4.74 Å². The Balaban J connectivity index is 2.08. The Hall–Kier alpha value is -0.170. The van der Waals surface area contributed by atoms with Gasteiger partial charge in [0.15, 0.2) is 0 Å². The molecule has 2 unspecified atom stereocenters. The summed E-state index contributed by atoms with van der Waals surface area (Å²) < 4.78 is 31.9. The maximum atomic E-state index is 12.5. The Morgan fingerprint density at radius 1 is 1.24 bits per heavy atom. The van der Waals surface area contributed by atoms with Crippen molar-refractivity contribution in [3.63, 3.8) is 0 Å². The Labute approximate surface area is 104 Å². The molecule has 0 aliphatic carbocycles. The van der Waals surface area contributed by atoms with Gasteiger partial charge in [-0.15, -0.1) is 0 Å². The van der Waals surface area contributed by atoms with Crippen LogP contribution in [0.2, 0.25) is 0 Å². The number of rotatable bonds is 3. The average Bonchev–Trinajstić information content (AvgIpc) is 2.75. The van der Waals surface area contributed by atoms with E-state index in [1.54, 1.807) is 11.4 Å². The van der Waals surface area contributed by atoms with Crippen LogP contribution in [0.1, 0.15) is 26.2 Å². The molecule has 0 aromatic heterocycles. The second-order valence-corrected chi connectivity index (χ2v) is 7.22. The largest absolute Gasteiger partial charge is 0.377 e. The molecule has 0 amide bonds. The Morgan fingerprint density at radius 2 is 1.88 bits per heavy atom. The molecule has 2 atom stereocenters. The smallest absolute Gasteiger partial charge is 0.217 e. The van der Waals surface area contributed by atoms with Gasteiger partial charge in [0, 0.05) is 13.7 Å². The second kappa shape index (κ2) is 5.22.